The van der Waals surface area contributed by atoms with Gasteiger partial charge in [0.05, 0.1) is 23.4 Å². The second-order valence-electron chi connectivity index (χ2n) is 5.57. The third-order valence-electron chi connectivity index (χ3n) is 3.86. The van der Waals surface area contributed by atoms with Crippen LogP contribution in [0.4, 0.5) is 0 Å². The van der Waals surface area contributed by atoms with Gasteiger partial charge >= 0.3 is 11.9 Å². The van der Waals surface area contributed by atoms with E-state index in [-0.39, 0.29) is 12.3 Å². The van der Waals surface area contributed by atoms with Gasteiger partial charge in [-0.05, 0) is 56.9 Å². The summed E-state index contributed by atoms with van der Waals surface area (Å²) in [5.41, 5.74) is 2.00. The van der Waals surface area contributed by atoms with Gasteiger partial charge in [-0.2, -0.15) is 0 Å². The molecule has 0 aliphatic rings. The third-order valence-corrected chi connectivity index (χ3v) is 4.60. The van der Waals surface area contributed by atoms with Crippen LogP contribution in [0.2, 0.25) is 0 Å². The predicted molar refractivity (Wildman–Crippen MR) is 99.1 cm³/mol. The molecule has 0 atom stereocenters. The van der Waals surface area contributed by atoms with Crippen LogP contribution in [-0.2, 0) is 9.47 Å². The highest BCUT2D eigenvalue weighted by Gasteiger charge is 2.23. The highest BCUT2D eigenvalue weighted by atomic mass is 32.2. The lowest BCUT2D eigenvalue weighted by Crippen LogP contribution is -2.15. The van der Waals surface area contributed by atoms with Gasteiger partial charge in [0, 0.05) is 10.6 Å². The molecule has 1 heterocycles. The molecule has 6 nitrogen and oxygen atoms in total. The first-order valence-electron chi connectivity index (χ1n) is 8.09. The molecular weight excluding hydrogens is 354 g/mol. The lowest BCUT2D eigenvalue weighted by molar-refractivity contribution is 0.0472. The van der Waals surface area contributed by atoms with Gasteiger partial charge in [0.25, 0.3) is 0 Å². The standard InChI is InChI=1S/C19H21NO5S/c1-5-24-19(23)16-11(2)17(20-12(16)3)15(21)10-25-18(22)13-6-8-14(26-4)9-7-13/h6-9,20H,5,10H2,1-4H3. The number of Topliss-reactive ketones (excluding diaryl/α,β-unsaturated/α-hetero) is 1. The number of carbonyl (C=O) groups is 3. The molecule has 138 valence electrons. The fourth-order valence-electron chi connectivity index (χ4n) is 2.55. The van der Waals surface area contributed by atoms with E-state index in [2.05, 4.69) is 4.98 Å². The zero-order chi connectivity index (χ0) is 19.3. The van der Waals surface area contributed by atoms with Gasteiger partial charge in [-0.1, -0.05) is 0 Å². The minimum atomic E-state index is -0.572. The molecular formula is C19H21NO5S. The van der Waals surface area contributed by atoms with Crippen molar-refractivity contribution in [3.63, 3.8) is 0 Å². The van der Waals surface area contributed by atoms with Crippen LogP contribution >= 0.6 is 11.8 Å². The smallest absolute Gasteiger partial charge is 0.340 e. The van der Waals surface area contributed by atoms with E-state index in [9.17, 15) is 14.4 Å². The summed E-state index contributed by atoms with van der Waals surface area (Å²) in [7, 11) is 0. The van der Waals surface area contributed by atoms with Crippen molar-refractivity contribution in [3.05, 3.63) is 52.3 Å². The Morgan fingerprint density at radius 2 is 1.69 bits per heavy atom. The third kappa shape index (κ3) is 4.35. The fraction of sp³-hybridized carbons (Fsp3) is 0.316. The number of hydrogen-bond acceptors (Lipinski definition) is 6. The molecule has 0 saturated carbocycles. The molecule has 1 N–H and O–H groups in total. The van der Waals surface area contributed by atoms with E-state index in [1.807, 2.05) is 18.4 Å². The van der Waals surface area contributed by atoms with Crippen molar-refractivity contribution in [2.75, 3.05) is 19.5 Å². The molecule has 0 saturated heterocycles. The molecule has 0 aliphatic carbocycles. The second-order valence-corrected chi connectivity index (χ2v) is 6.45. The molecule has 0 aliphatic heterocycles. The quantitative estimate of drug-likeness (QED) is 0.452. The molecule has 2 aromatic rings. The minimum Gasteiger partial charge on any atom is -0.462 e. The van der Waals surface area contributed by atoms with Crippen LogP contribution in [0.1, 0.15) is 49.4 Å². The van der Waals surface area contributed by atoms with Gasteiger partial charge in [-0.3, -0.25) is 4.79 Å². The van der Waals surface area contributed by atoms with Gasteiger partial charge in [0.15, 0.2) is 6.61 Å². The van der Waals surface area contributed by atoms with Crippen molar-refractivity contribution in [2.24, 2.45) is 0 Å². The number of aromatic amines is 1. The molecule has 7 heteroatoms. The number of benzene rings is 1. The Morgan fingerprint density at radius 3 is 2.27 bits per heavy atom. The number of carbonyl (C=O) groups excluding carboxylic acids is 3. The summed E-state index contributed by atoms with van der Waals surface area (Å²) in [5.74, 6) is -1.46. The lowest BCUT2D eigenvalue weighted by Gasteiger charge is -2.05. The van der Waals surface area contributed by atoms with E-state index in [4.69, 9.17) is 9.47 Å². The summed E-state index contributed by atoms with van der Waals surface area (Å²) in [6, 6.07) is 6.93. The van der Waals surface area contributed by atoms with Crippen LogP contribution in [0.25, 0.3) is 0 Å². The van der Waals surface area contributed by atoms with E-state index >= 15 is 0 Å². The second kappa shape index (κ2) is 8.71. The zero-order valence-electron chi connectivity index (χ0n) is 15.2. The van der Waals surface area contributed by atoms with Crippen molar-refractivity contribution in [1.29, 1.82) is 0 Å². The van der Waals surface area contributed by atoms with Gasteiger partial charge < -0.3 is 14.5 Å². The van der Waals surface area contributed by atoms with Crippen LogP contribution in [0.15, 0.2) is 29.2 Å². The Hall–Kier alpha value is -2.54. The van der Waals surface area contributed by atoms with E-state index in [1.165, 1.54) is 0 Å². The first-order chi connectivity index (χ1) is 12.4. The van der Waals surface area contributed by atoms with Crippen LogP contribution in [0.3, 0.4) is 0 Å². The average molecular weight is 375 g/mol. The van der Waals surface area contributed by atoms with Crippen molar-refractivity contribution in [2.45, 2.75) is 25.7 Å². The first-order valence-corrected chi connectivity index (χ1v) is 9.32. The number of hydrogen-bond donors (Lipinski definition) is 1. The summed E-state index contributed by atoms with van der Waals surface area (Å²) in [6.07, 6.45) is 1.94. The number of rotatable bonds is 7. The van der Waals surface area contributed by atoms with Crippen molar-refractivity contribution in [3.8, 4) is 0 Å². The van der Waals surface area contributed by atoms with Crippen molar-refractivity contribution < 1.29 is 23.9 Å². The molecule has 26 heavy (non-hydrogen) atoms. The van der Waals surface area contributed by atoms with Gasteiger partial charge in [0.2, 0.25) is 5.78 Å². The van der Waals surface area contributed by atoms with Gasteiger partial charge in [-0.25, -0.2) is 9.59 Å². The Kier molecular flexibility index (Phi) is 6.63. The monoisotopic (exact) mass is 375 g/mol. The van der Waals surface area contributed by atoms with E-state index < -0.39 is 24.3 Å². The molecule has 0 radical (unpaired) electrons. The van der Waals surface area contributed by atoms with Crippen LogP contribution in [0, 0.1) is 13.8 Å². The molecule has 0 unspecified atom stereocenters. The summed E-state index contributed by atoms with van der Waals surface area (Å²) >= 11 is 1.57. The van der Waals surface area contributed by atoms with Crippen LogP contribution in [-0.4, -0.2) is 42.2 Å². The predicted octanol–water partition coefficient (Wildman–Crippen LogP) is 3.57. The molecule has 0 spiro atoms. The summed E-state index contributed by atoms with van der Waals surface area (Å²) in [6.45, 7) is 4.90. The summed E-state index contributed by atoms with van der Waals surface area (Å²) in [4.78, 5) is 40.3. The number of thioether (sulfide) groups is 1. The highest BCUT2D eigenvalue weighted by molar-refractivity contribution is 7.98. The number of nitrogens with one attached hydrogen (secondary N) is 1. The highest BCUT2D eigenvalue weighted by Crippen LogP contribution is 2.20. The number of aryl methyl sites for hydroxylation is 1. The Morgan fingerprint density at radius 1 is 1.04 bits per heavy atom. The Labute approximate surface area is 156 Å². The topological polar surface area (TPSA) is 85.5 Å². The number of ketones is 1. The molecule has 2 rings (SSSR count). The van der Waals surface area contributed by atoms with Gasteiger partial charge in [-0.15, -0.1) is 11.8 Å². The fourth-order valence-corrected chi connectivity index (χ4v) is 2.96. The largest absolute Gasteiger partial charge is 0.462 e. The molecule has 0 bridgehead atoms. The normalized spacial score (nSPS) is 10.5. The van der Waals surface area contributed by atoms with Crippen molar-refractivity contribution >= 4 is 29.5 Å². The number of ether oxygens (including phenoxy) is 2. The molecule has 0 amide bonds. The van der Waals surface area contributed by atoms with Crippen LogP contribution < -0.4 is 0 Å². The maximum absolute atomic E-state index is 12.4. The van der Waals surface area contributed by atoms with Crippen molar-refractivity contribution in [1.82, 2.24) is 4.98 Å². The van der Waals surface area contributed by atoms with E-state index in [0.29, 0.717) is 22.4 Å². The molecule has 1 aromatic heterocycles. The maximum Gasteiger partial charge on any atom is 0.340 e. The van der Waals surface area contributed by atoms with Gasteiger partial charge in [0.1, 0.15) is 0 Å². The van der Waals surface area contributed by atoms with Crippen LogP contribution in [0.5, 0.6) is 0 Å². The number of aromatic nitrogens is 1. The lowest BCUT2D eigenvalue weighted by atomic mass is 10.1. The van der Waals surface area contributed by atoms with E-state index in [0.717, 1.165) is 4.90 Å². The summed E-state index contributed by atoms with van der Waals surface area (Å²) in [5, 5.41) is 0. The maximum atomic E-state index is 12.4. The summed E-state index contributed by atoms with van der Waals surface area (Å²) < 4.78 is 10.1. The zero-order valence-corrected chi connectivity index (χ0v) is 16.0. The van der Waals surface area contributed by atoms with E-state index in [1.54, 1.807) is 44.7 Å². The molecule has 1 aromatic carbocycles. The number of esters is 2. The average Bonchev–Trinajstić information content (AvgIpc) is 2.94. The first kappa shape index (κ1) is 19.8. The minimum absolute atomic E-state index is 0.246. The Balaban J connectivity index is 2.06. The Bertz CT molecular complexity index is 823. The number of H-pyrrole nitrogens is 1. The SMILES string of the molecule is CCOC(=O)c1c(C)[nH]c(C(=O)COC(=O)c2ccc(SC)cc2)c1C. The molecule has 0 fully saturated rings.